The van der Waals surface area contributed by atoms with Gasteiger partial charge < -0.3 is 20.7 Å². The van der Waals surface area contributed by atoms with E-state index in [4.69, 9.17) is 10.5 Å². The number of hydrogen-bond donors (Lipinski definition) is 2. The van der Waals surface area contributed by atoms with Crippen molar-refractivity contribution in [3.63, 3.8) is 0 Å². The van der Waals surface area contributed by atoms with E-state index in [1.807, 2.05) is 27.7 Å². The fourth-order valence-electron chi connectivity index (χ4n) is 2.68. The zero-order chi connectivity index (χ0) is 16.0. The second-order valence-electron chi connectivity index (χ2n) is 6.54. The maximum absolute atomic E-state index is 12.2. The van der Waals surface area contributed by atoms with Crippen LogP contribution in [0.2, 0.25) is 0 Å². The number of ether oxygens (including phenoxy) is 1. The molecular weight excluding hydrogens is 270 g/mol. The lowest BCUT2D eigenvalue weighted by Gasteiger charge is -2.37. The molecule has 6 nitrogen and oxygen atoms in total. The maximum atomic E-state index is 12.2. The standard InChI is InChI=1S/C15H29N3O3/c1-5-18(14(20)21-15(2,3)4)12-8-6-11(7-9-12)17-13(19)10-16/h11-12H,5-10,16H2,1-4H3,(H,17,19). The molecule has 1 aliphatic carbocycles. The number of carbonyl (C=O) groups is 2. The number of nitrogens with zero attached hydrogens (tertiary/aromatic N) is 1. The van der Waals surface area contributed by atoms with Gasteiger partial charge in [-0.15, -0.1) is 0 Å². The van der Waals surface area contributed by atoms with Crippen LogP contribution in [0.5, 0.6) is 0 Å². The first kappa shape index (κ1) is 17.8. The van der Waals surface area contributed by atoms with E-state index in [1.165, 1.54) is 0 Å². The van der Waals surface area contributed by atoms with Gasteiger partial charge >= 0.3 is 6.09 Å². The highest BCUT2D eigenvalue weighted by Crippen LogP contribution is 2.24. The van der Waals surface area contributed by atoms with Crippen molar-refractivity contribution in [1.82, 2.24) is 10.2 Å². The number of nitrogens with one attached hydrogen (secondary N) is 1. The van der Waals surface area contributed by atoms with Gasteiger partial charge in [0.15, 0.2) is 0 Å². The molecule has 0 bridgehead atoms. The summed E-state index contributed by atoms with van der Waals surface area (Å²) in [6.07, 6.45) is 3.25. The molecule has 2 amide bonds. The summed E-state index contributed by atoms with van der Waals surface area (Å²) in [5.41, 5.74) is 4.83. The monoisotopic (exact) mass is 299 g/mol. The lowest BCUT2D eigenvalue weighted by atomic mass is 9.90. The molecular formula is C15H29N3O3. The fourth-order valence-corrected chi connectivity index (χ4v) is 2.68. The predicted molar refractivity (Wildman–Crippen MR) is 81.9 cm³/mol. The molecule has 0 saturated heterocycles. The predicted octanol–water partition coefficient (Wildman–Crippen LogP) is 1.63. The first-order valence-corrected chi connectivity index (χ1v) is 7.76. The number of rotatable bonds is 4. The van der Waals surface area contributed by atoms with Crippen molar-refractivity contribution in [3.8, 4) is 0 Å². The van der Waals surface area contributed by atoms with E-state index in [-0.39, 0.29) is 30.6 Å². The number of hydrogen-bond acceptors (Lipinski definition) is 4. The van der Waals surface area contributed by atoms with Crippen LogP contribution in [0.1, 0.15) is 53.4 Å². The van der Waals surface area contributed by atoms with Crippen molar-refractivity contribution >= 4 is 12.0 Å². The van der Waals surface area contributed by atoms with E-state index in [0.717, 1.165) is 25.7 Å². The summed E-state index contributed by atoms with van der Waals surface area (Å²) in [5.74, 6) is -0.113. The van der Waals surface area contributed by atoms with Crippen LogP contribution in [0.25, 0.3) is 0 Å². The zero-order valence-corrected chi connectivity index (χ0v) is 13.6. The van der Waals surface area contributed by atoms with Gasteiger partial charge in [0.2, 0.25) is 5.91 Å². The molecule has 1 saturated carbocycles. The van der Waals surface area contributed by atoms with E-state index >= 15 is 0 Å². The maximum Gasteiger partial charge on any atom is 0.410 e. The topological polar surface area (TPSA) is 84.7 Å². The van der Waals surface area contributed by atoms with Gasteiger partial charge in [0.1, 0.15) is 5.60 Å². The summed E-state index contributed by atoms with van der Waals surface area (Å²) in [4.78, 5) is 25.3. The van der Waals surface area contributed by atoms with Crippen LogP contribution in [-0.2, 0) is 9.53 Å². The second-order valence-corrected chi connectivity index (χ2v) is 6.54. The third-order valence-corrected chi connectivity index (χ3v) is 3.66. The molecule has 0 aliphatic heterocycles. The Morgan fingerprint density at radius 3 is 2.24 bits per heavy atom. The van der Waals surface area contributed by atoms with Gasteiger partial charge in [-0.3, -0.25) is 4.79 Å². The minimum absolute atomic E-state index is 0.0267. The Bertz CT molecular complexity index is 358. The van der Waals surface area contributed by atoms with Crippen LogP contribution in [0.3, 0.4) is 0 Å². The molecule has 1 rings (SSSR count). The lowest BCUT2D eigenvalue weighted by molar-refractivity contribution is -0.120. The Balaban J connectivity index is 2.50. The Morgan fingerprint density at radius 2 is 1.81 bits per heavy atom. The second kappa shape index (κ2) is 7.64. The molecule has 0 spiro atoms. The third kappa shape index (κ3) is 5.91. The van der Waals surface area contributed by atoms with Crippen molar-refractivity contribution in [3.05, 3.63) is 0 Å². The van der Waals surface area contributed by atoms with E-state index in [0.29, 0.717) is 6.54 Å². The molecule has 1 aliphatic rings. The van der Waals surface area contributed by atoms with Crippen molar-refractivity contribution < 1.29 is 14.3 Å². The van der Waals surface area contributed by atoms with E-state index in [9.17, 15) is 9.59 Å². The quantitative estimate of drug-likeness (QED) is 0.826. The van der Waals surface area contributed by atoms with Gasteiger partial charge in [-0.25, -0.2) is 4.79 Å². The van der Waals surface area contributed by atoms with Crippen molar-refractivity contribution in [2.45, 2.75) is 71.1 Å². The largest absolute Gasteiger partial charge is 0.444 e. The van der Waals surface area contributed by atoms with Crippen LogP contribution < -0.4 is 11.1 Å². The molecule has 0 atom stereocenters. The Labute approximate surface area is 127 Å². The molecule has 0 heterocycles. The van der Waals surface area contributed by atoms with E-state index in [2.05, 4.69) is 5.32 Å². The molecule has 3 N–H and O–H groups in total. The lowest BCUT2D eigenvalue weighted by Crippen LogP contribution is -2.48. The zero-order valence-electron chi connectivity index (χ0n) is 13.6. The summed E-state index contributed by atoms with van der Waals surface area (Å²) >= 11 is 0. The normalized spacial score (nSPS) is 22.5. The van der Waals surface area contributed by atoms with Crippen molar-refractivity contribution in [2.24, 2.45) is 5.73 Å². The van der Waals surface area contributed by atoms with Crippen molar-refractivity contribution in [2.75, 3.05) is 13.1 Å². The van der Waals surface area contributed by atoms with Gasteiger partial charge in [-0.2, -0.15) is 0 Å². The minimum Gasteiger partial charge on any atom is -0.444 e. The molecule has 0 radical (unpaired) electrons. The summed E-state index contributed by atoms with van der Waals surface area (Å²) in [7, 11) is 0. The summed E-state index contributed by atoms with van der Waals surface area (Å²) < 4.78 is 5.45. The smallest absolute Gasteiger partial charge is 0.410 e. The van der Waals surface area contributed by atoms with Gasteiger partial charge in [0, 0.05) is 18.6 Å². The molecule has 0 aromatic heterocycles. The third-order valence-electron chi connectivity index (χ3n) is 3.66. The Hall–Kier alpha value is -1.30. The first-order chi connectivity index (χ1) is 9.76. The highest BCUT2D eigenvalue weighted by Gasteiger charge is 2.31. The van der Waals surface area contributed by atoms with Crippen LogP contribution >= 0.6 is 0 Å². The molecule has 6 heteroatoms. The molecule has 0 aromatic carbocycles. The van der Waals surface area contributed by atoms with Gasteiger partial charge in [-0.05, 0) is 53.4 Å². The van der Waals surface area contributed by atoms with Gasteiger partial charge in [-0.1, -0.05) is 0 Å². The SMILES string of the molecule is CCN(C(=O)OC(C)(C)C)C1CCC(NC(=O)CN)CC1. The van der Waals surface area contributed by atoms with Crippen molar-refractivity contribution in [1.29, 1.82) is 0 Å². The summed E-state index contributed by atoms with van der Waals surface area (Å²) in [5, 5.41) is 2.91. The molecule has 21 heavy (non-hydrogen) atoms. The Morgan fingerprint density at radius 1 is 1.24 bits per heavy atom. The van der Waals surface area contributed by atoms with E-state index < -0.39 is 5.60 Å². The molecule has 0 aromatic rings. The fraction of sp³-hybridized carbons (Fsp3) is 0.867. The van der Waals surface area contributed by atoms with Crippen LogP contribution in [0, 0.1) is 0 Å². The highest BCUT2D eigenvalue weighted by molar-refractivity contribution is 5.78. The molecule has 0 unspecified atom stereocenters. The van der Waals surface area contributed by atoms with Crippen LogP contribution in [-0.4, -0.2) is 47.7 Å². The summed E-state index contributed by atoms with van der Waals surface area (Å²) in [6.45, 7) is 8.25. The highest BCUT2D eigenvalue weighted by atomic mass is 16.6. The minimum atomic E-state index is -0.475. The number of carbonyl (C=O) groups excluding carboxylic acids is 2. The Kier molecular flexibility index (Phi) is 6.45. The number of nitrogens with two attached hydrogens (primary N) is 1. The van der Waals surface area contributed by atoms with Crippen LogP contribution in [0.4, 0.5) is 4.79 Å². The summed E-state index contributed by atoms with van der Waals surface area (Å²) in [6, 6.07) is 0.366. The average molecular weight is 299 g/mol. The molecule has 122 valence electrons. The average Bonchev–Trinajstić information content (AvgIpc) is 2.39. The van der Waals surface area contributed by atoms with Gasteiger partial charge in [0.05, 0.1) is 6.54 Å². The number of amides is 2. The van der Waals surface area contributed by atoms with Gasteiger partial charge in [0.25, 0.3) is 0 Å². The van der Waals surface area contributed by atoms with E-state index in [1.54, 1.807) is 4.90 Å². The molecule has 1 fully saturated rings. The first-order valence-electron chi connectivity index (χ1n) is 7.76. The van der Waals surface area contributed by atoms with Crippen LogP contribution in [0.15, 0.2) is 0 Å².